The van der Waals surface area contributed by atoms with E-state index in [2.05, 4.69) is 11.8 Å². The molecule has 14 heavy (non-hydrogen) atoms. The van der Waals surface area contributed by atoms with Gasteiger partial charge in [0.1, 0.15) is 5.78 Å². The zero-order valence-corrected chi connectivity index (χ0v) is 9.17. The largest absolute Gasteiger partial charge is 0.300 e. The number of carbonyl (C=O) groups is 1. The minimum absolute atomic E-state index is 0.481. The molecule has 80 valence electrons. The van der Waals surface area contributed by atoms with E-state index in [0.29, 0.717) is 11.8 Å². The molecule has 1 heterocycles. The highest BCUT2D eigenvalue weighted by molar-refractivity contribution is 5.81. The van der Waals surface area contributed by atoms with Gasteiger partial charge in [-0.25, -0.2) is 0 Å². The number of hydrogen-bond donors (Lipinski definition) is 0. The first kappa shape index (κ1) is 10.2. The zero-order chi connectivity index (χ0) is 9.97. The molecule has 0 aromatic heterocycles. The van der Waals surface area contributed by atoms with E-state index >= 15 is 0 Å². The first-order valence-electron chi connectivity index (χ1n) is 6.05. The van der Waals surface area contributed by atoms with E-state index < -0.39 is 0 Å². The Hall–Kier alpha value is -0.370. The normalized spacial score (nSPS) is 34.2. The number of Topliss-reactive ketones (excluding diaryl/α,β-unsaturated/α-hetero) is 1. The number of nitrogens with zero attached hydrogens (tertiary/aromatic N) is 1. The van der Waals surface area contributed by atoms with Crippen LogP contribution >= 0.6 is 0 Å². The van der Waals surface area contributed by atoms with E-state index in [9.17, 15) is 4.79 Å². The molecule has 1 saturated heterocycles. The van der Waals surface area contributed by atoms with Crippen LogP contribution < -0.4 is 0 Å². The Morgan fingerprint density at radius 3 is 2.93 bits per heavy atom. The van der Waals surface area contributed by atoms with Crippen molar-refractivity contribution in [3.8, 4) is 0 Å². The molecule has 2 aliphatic rings. The molecule has 0 bridgehead atoms. The fourth-order valence-electron chi connectivity index (χ4n) is 2.94. The molecule has 1 saturated carbocycles. The summed E-state index contributed by atoms with van der Waals surface area (Å²) in [7, 11) is 0. The van der Waals surface area contributed by atoms with E-state index in [1.807, 2.05) is 0 Å². The topological polar surface area (TPSA) is 20.3 Å². The van der Waals surface area contributed by atoms with Gasteiger partial charge in [-0.3, -0.25) is 9.69 Å². The van der Waals surface area contributed by atoms with Crippen LogP contribution in [-0.4, -0.2) is 29.8 Å². The summed E-state index contributed by atoms with van der Waals surface area (Å²) in [6, 6.07) is 0.601. The van der Waals surface area contributed by atoms with Gasteiger partial charge in [-0.15, -0.1) is 0 Å². The number of hydrogen-bond acceptors (Lipinski definition) is 2. The highest BCUT2D eigenvalue weighted by Gasteiger charge is 2.32. The lowest BCUT2D eigenvalue weighted by molar-refractivity contribution is -0.117. The summed E-state index contributed by atoms with van der Waals surface area (Å²) >= 11 is 0. The fraction of sp³-hybridized carbons (Fsp3) is 0.917. The summed E-state index contributed by atoms with van der Waals surface area (Å²) in [6.07, 6.45) is 6.83. The maximum Gasteiger partial charge on any atom is 0.134 e. The fourth-order valence-corrected chi connectivity index (χ4v) is 2.94. The van der Waals surface area contributed by atoms with Crippen LogP contribution in [0.2, 0.25) is 0 Å². The van der Waals surface area contributed by atoms with Crippen LogP contribution in [0.1, 0.15) is 45.4 Å². The van der Waals surface area contributed by atoms with Crippen molar-refractivity contribution in [2.75, 3.05) is 13.1 Å². The Labute approximate surface area is 86.7 Å². The summed E-state index contributed by atoms with van der Waals surface area (Å²) < 4.78 is 0. The van der Waals surface area contributed by atoms with Crippen molar-refractivity contribution in [2.24, 2.45) is 5.92 Å². The van der Waals surface area contributed by atoms with Gasteiger partial charge in [-0.1, -0.05) is 13.3 Å². The van der Waals surface area contributed by atoms with Gasteiger partial charge in [0.15, 0.2) is 0 Å². The van der Waals surface area contributed by atoms with Gasteiger partial charge in [-0.2, -0.15) is 0 Å². The summed E-state index contributed by atoms with van der Waals surface area (Å²) in [4.78, 5) is 13.8. The second-order valence-corrected chi connectivity index (χ2v) is 4.87. The van der Waals surface area contributed by atoms with Crippen molar-refractivity contribution in [1.29, 1.82) is 0 Å². The third-order valence-corrected chi connectivity index (χ3v) is 3.75. The number of carbonyl (C=O) groups excluding carboxylic acids is 1. The Bertz CT molecular complexity index is 214. The smallest absolute Gasteiger partial charge is 0.134 e. The first-order chi connectivity index (χ1) is 6.79. The maximum atomic E-state index is 11.2. The highest BCUT2D eigenvalue weighted by atomic mass is 16.1. The molecule has 1 aliphatic carbocycles. The Balaban J connectivity index is 1.80. The predicted molar refractivity (Wildman–Crippen MR) is 57.2 cm³/mol. The van der Waals surface area contributed by atoms with Gasteiger partial charge in [0.2, 0.25) is 0 Å². The molecule has 2 nitrogen and oxygen atoms in total. The first-order valence-corrected chi connectivity index (χ1v) is 6.05. The van der Waals surface area contributed by atoms with Crippen LogP contribution in [0.3, 0.4) is 0 Å². The van der Waals surface area contributed by atoms with Gasteiger partial charge >= 0.3 is 0 Å². The predicted octanol–water partition coefficient (Wildman–Crippen LogP) is 2.23. The standard InChI is InChI=1S/C12H21NO/c1-2-3-10-6-7-13(9-10)11-4-5-12(14)8-11/h10-11H,2-9H2,1H3. The maximum absolute atomic E-state index is 11.2. The molecule has 2 heteroatoms. The van der Waals surface area contributed by atoms with Gasteiger partial charge in [0.25, 0.3) is 0 Å². The van der Waals surface area contributed by atoms with Crippen LogP contribution in [0.15, 0.2) is 0 Å². The van der Waals surface area contributed by atoms with Crippen molar-refractivity contribution in [3.63, 3.8) is 0 Å². The molecule has 2 unspecified atom stereocenters. The molecule has 0 aromatic carbocycles. The average molecular weight is 195 g/mol. The van der Waals surface area contributed by atoms with Crippen LogP contribution in [0.4, 0.5) is 0 Å². The van der Waals surface area contributed by atoms with Crippen LogP contribution in [0.25, 0.3) is 0 Å². The number of rotatable bonds is 3. The van der Waals surface area contributed by atoms with E-state index in [1.54, 1.807) is 0 Å². The minimum Gasteiger partial charge on any atom is -0.300 e. The second-order valence-electron chi connectivity index (χ2n) is 4.87. The monoisotopic (exact) mass is 195 g/mol. The lowest BCUT2D eigenvalue weighted by Crippen LogP contribution is -2.31. The molecule has 2 fully saturated rings. The molecular formula is C12H21NO. The molecule has 2 rings (SSSR count). The van der Waals surface area contributed by atoms with Crippen LogP contribution in [0, 0.1) is 5.92 Å². The molecule has 0 spiro atoms. The third kappa shape index (κ3) is 2.17. The second kappa shape index (κ2) is 4.43. The number of likely N-dealkylation sites (tertiary alicyclic amines) is 1. The highest BCUT2D eigenvalue weighted by Crippen LogP contribution is 2.28. The molecular weight excluding hydrogens is 174 g/mol. The van der Waals surface area contributed by atoms with E-state index in [-0.39, 0.29) is 0 Å². The SMILES string of the molecule is CCCC1CCN(C2CCC(=O)C2)C1. The van der Waals surface area contributed by atoms with Gasteiger partial charge in [0, 0.05) is 25.4 Å². The quantitative estimate of drug-likeness (QED) is 0.688. The lowest BCUT2D eigenvalue weighted by Gasteiger charge is -2.22. The van der Waals surface area contributed by atoms with Crippen molar-refractivity contribution in [1.82, 2.24) is 4.90 Å². The summed E-state index contributed by atoms with van der Waals surface area (Å²) in [5.41, 5.74) is 0. The minimum atomic E-state index is 0.481. The van der Waals surface area contributed by atoms with Gasteiger partial charge in [0.05, 0.1) is 0 Å². The van der Waals surface area contributed by atoms with Gasteiger partial charge in [-0.05, 0) is 31.7 Å². The Kier molecular flexibility index (Phi) is 3.22. The van der Waals surface area contributed by atoms with Crippen LogP contribution in [0.5, 0.6) is 0 Å². The van der Waals surface area contributed by atoms with Crippen molar-refractivity contribution in [2.45, 2.75) is 51.5 Å². The van der Waals surface area contributed by atoms with Gasteiger partial charge < -0.3 is 0 Å². The number of ketones is 1. The molecule has 0 amide bonds. The average Bonchev–Trinajstić information content (AvgIpc) is 2.74. The summed E-state index contributed by atoms with van der Waals surface area (Å²) in [6.45, 7) is 4.76. The van der Waals surface area contributed by atoms with E-state index in [0.717, 1.165) is 25.2 Å². The molecule has 0 aromatic rings. The Morgan fingerprint density at radius 1 is 1.43 bits per heavy atom. The van der Waals surface area contributed by atoms with Crippen molar-refractivity contribution in [3.05, 3.63) is 0 Å². The van der Waals surface area contributed by atoms with E-state index in [1.165, 1.54) is 32.4 Å². The lowest BCUT2D eigenvalue weighted by atomic mass is 10.0. The van der Waals surface area contributed by atoms with Crippen LogP contribution in [-0.2, 0) is 4.79 Å². The molecule has 0 N–H and O–H groups in total. The molecule has 1 aliphatic heterocycles. The molecule has 2 atom stereocenters. The summed E-state index contributed by atoms with van der Waals surface area (Å²) in [5, 5.41) is 0. The van der Waals surface area contributed by atoms with Crippen molar-refractivity contribution < 1.29 is 4.79 Å². The molecule has 0 radical (unpaired) electrons. The Morgan fingerprint density at radius 2 is 2.29 bits per heavy atom. The zero-order valence-electron chi connectivity index (χ0n) is 9.17. The van der Waals surface area contributed by atoms with E-state index in [4.69, 9.17) is 0 Å². The summed E-state index contributed by atoms with van der Waals surface area (Å²) in [5.74, 6) is 1.39. The van der Waals surface area contributed by atoms with Crippen molar-refractivity contribution >= 4 is 5.78 Å². The third-order valence-electron chi connectivity index (χ3n) is 3.75.